The molecular formula is C18H24F3N5O4. The lowest BCUT2D eigenvalue weighted by Gasteiger charge is -2.25. The van der Waals surface area contributed by atoms with Crippen LogP contribution in [0.2, 0.25) is 0 Å². The van der Waals surface area contributed by atoms with Gasteiger partial charge in [0.25, 0.3) is 0 Å². The van der Waals surface area contributed by atoms with Crippen molar-refractivity contribution in [3.63, 3.8) is 0 Å². The molecule has 1 fully saturated rings. The number of halogens is 3. The summed E-state index contributed by atoms with van der Waals surface area (Å²) in [4.78, 5) is 28.9. The molecule has 2 rings (SSSR count). The van der Waals surface area contributed by atoms with Crippen molar-refractivity contribution in [1.82, 2.24) is 15.4 Å². The van der Waals surface area contributed by atoms with Crippen molar-refractivity contribution < 1.29 is 32.6 Å². The van der Waals surface area contributed by atoms with Crippen molar-refractivity contribution in [1.29, 1.82) is 5.26 Å². The number of alkyl halides is 3. The maximum Gasteiger partial charge on any atom is 0.490 e. The Labute approximate surface area is 171 Å². The van der Waals surface area contributed by atoms with Crippen LogP contribution < -0.4 is 10.4 Å². The molecule has 12 heteroatoms. The van der Waals surface area contributed by atoms with Gasteiger partial charge < -0.3 is 9.84 Å². The lowest BCUT2D eigenvalue weighted by Crippen LogP contribution is -2.45. The van der Waals surface area contributed by atoms with Crippen molar-refractivity contribution in [3.8, 4) is 6.07 Å². The normalized spacial score (nSPS) is 13.8. The summed E-state index contributed by atoms with van der Waals surface area (Å²) in [5, 5.41) is 17.6. The highest BCUT2D eigenvalue weighted by Gasteiger charge is 2.38. The second-order valence-electron chi connectivity index (χ2n) is 7.02. The Morgan fingerprint density at radius 3 is 2.50 bits per heavy atom. The summed E-state index contributed by atoms with van der Waals surface area (Å²) in [6.45, 7) is 5.07. The van der Waals surface area contributed by atoms with E-state index in [-0.39, 0.29) is 5.82 Å². The number of carbonyl (C=O) groups excluding carboxylic acids is 1. The van der Waals surface area contributed by atoms with Crippen LogP contribution in [0, 0.1) is 23.2 Å². The topological polar surface area (TPSA) is 128 Å². The lowest BCUT2D eigenvalue weighted by atomic mass is 10.1. The molecule has 166 valence electrons. The van der Waals surface area contributed by atoms with E-state index in [0.29, 0.717) is 30.8 Å². The zero-order valence-electron chi connectivity index (χ0n) is 16.6. The van der Waals surface area contributed by atoms with Crippen LogP contribution in [-0.2, 0) is 9.53 Å². The number of aromatic nitrogens is 2. The van der Waals surface area contributed by atoms with E-state index >= 15 is 0 Å². The Balaban J connectivity index is 0.000000553. The summed E-state index contributed by atoms with van der Waals surface area (Å²) in [5.41, 5.74) is 2.71. The second kappa shape index (κ2) is 11.8. The molecule has 0 radical (unpaired) electrons. The fourth-order valence-corrected chi connectivity index (χ4v) is 2.63. The van der Waals surface area contributed by atoms with E-state index in [1.807, 2.05) is 19.9 Å². The minimum atomic E-state index is -5.08. The third-order valence-electron chi connectivity index (χ3n) is 3.96. The van der Waals surface area contributed by atoms with Gasteiger partial charge >= 0.3 is 18.2 Å². The van der Waals surface area contributed by atoms with E-state index in [1.54, 1.807) is 11.1 Å². The van der Waals surface area contributed by atoms with Gasteiger partial charge in [0.1, 0.15) is 6.07 Å². The molecule has 9 nitrogen and oxygen atoms in total. The second-order valence-corrected chi connectivity index (χ2v) is 7.02. The molecule has 0 atom stereocenters. The first-order valence-electron chi connectivity index (χ1n) is 9.27. The Morgan fingerprint density at radius 1 is 1.40 bits per heavy atom. The largest absolute Gasteiger partial charge is 0.490 e. The minimum Gasteiger partial charge on any atom is -0.475 e. The number of carboxylic acid groups (broad SMARTS) is 1. The molecule has 0 bridgehead atoms. The van der Waals surface area contributed by atoms with Crippen LogP contribution in [0.3, 0.4) is 0 Å². The molecule has 30 heavy (non-hydrogen) atoms. The Bertz CT molecular complexity index is 746. The molecule has 1 aromatic heterocycles. The van der Waals surface area contributed by atoms with Crippen molar-refractivity contribution >= 4 is 17.9 Å². The number of hydrazine groups is 1. The van der Waals surface area contributed by atoms with E-state index in [4.69, 9.17) is 19.9 Å². The number of carbonyl (C=O) groups is 2. The van der Waals surface area contributed by atoms with E-state index in [1.165, 1.54) is 19.0 Å². The molecule has 0 saturated heterocycles. The van der Waals surface area contributed by atoms with Crippen LogP contribution in [0.5, 0.6) is 0 Å². The summed E-state index contributed by atoms with van der Waals surface area (Å²) < 4.78 is 37.1. The molecule has 1 heterocycles. The third-order valence-corrected chi connectivity index (χ3v) is 3.96. The van der Waals surface area contributed by atoms with Gasteiger partial charge in [-0.05, 0) is 24.7 Å². The zero-order valence-corrected chi connectivity index (χ0v) is 16.6. The van der Waals surface area contributed by atoms with Gasteiger partial charge in [-0.25, -0.2) is 20.0 Å². The van der Waals surface area contributed by atoms with Crippen LogP contribution >= 0.6 is 0 Å². The molecule has 0 unspecified atom stereocenters. The highest BCUT2D eigenvalue weighted by atomic mass is 19.4. The number of hydrogen-bond acceptors (Lipinski definition) is 7. The minimum absolute atomic E-state index is 0.0670. The lowest BCUT2D eigenvalue weighted by molar-refractivity contribution is -0.192. The fourth-order valence-electron chi connectivity index (χ4n) is 2.63. The summed E-state index contributed by atoms with van der Waals surface area (Å²) in [6.07, 6.45) is 0.607. The molecule has 2 N–H and O–H groups in total. The SMILES string of the molecule is CC(C)CN(NC(=O)OCC1CCCC1)c1ccnc(C#N)n1.O=C(O)C(F)(F)F. The number of nitrogens with one attached hydrogen (secondary N) is 1. The first-order valence-corrected chi connectivity index (χ1v) is 9.27. The van der Waals surface area contributed by atoms with E-state index in [0.717, 1.165) is 12.8 Å². The zero-order chi connectivity index (χ0) is 22.7. The van der Waals surface area contributed by atoms with Crippen LogP contribution in [0.25, 0.3) is 0 Å². The van der Waals surface area contributed by atoms with Crippen molar-refractivity contribution in [2.75, 3.05) is 18.2 Å². The number of nitrogens with zero attached hydrogens (tertiary/aromatic N) is 4. The smallest absolute Gasteiger partial charge is 0.475 e. The first kappa shape index (κ1) is 24.9. The van der Waals surface area contributed by atoms with Crippen molar-refractivity contribution in [2.45, 2.75) is 45.7 Å². The molecule has 1 aliphatic rings. The van der Waals surface area contributed by atoms with Crippen LogP contribution in [-0.4, -0.2) is 46.5 Å². The van der Waals surface area contributed by atoms with E-state index in [2.05, 4.69) is 15.4 Å². The van der Waals surface area contributed by atoms with Gasteiger partial charge in [-0.3, -0.25) is 5.01 Å². The number of hydrogen-bond donors (Lipinski definition) is 2. The number of nitriles is 1. The summed E-state index contributed by atoms with van der Waals surface area (Å²) in [6, 6.07) is 3.55. The van der Waals surface area contributed by atoms with Gasteiger partial charge in [-0.2, -0.15) is 23.4 Å². The maximum atomic E-state index is 12.0. The fraction of sp³-hybridized carbons (Fsp3) is 0.611. The quantitative estimate of drug-likeness (QED) is 0.657. The predicted octanol–water partition coefficient (Wildman–Crippen LogP) is 3.28. The van der Waals surface area contributed by atoms with Gasteiger partial charge in [-0.15, -0.1) is 0 Å². The van der Waals surface area contributed by atoms with Crippen LogP contribution in [0.4, 0.5) is 23.8 Å². The number of anilines is 1. The van der Waals surface area contributed by atoms with Crippen LogP contribution in [0.15, 0.2) is 12.3 Å². The summed E-state index contributed by atoms with van der Waals surface area (Å²) in [7, 11) is 0. The Morgan fingerprint density at radius 2 is 2.00 bits per heavy atom. The molecule has 0 spiro atoms. The maximum absolute atomic E-state index is 12.0. The predicted molar refractivity (Wildman–Crippen MR) is 99.1 cm³/mol. The van der Waals surface area contributed by atoms with Gasteiger partial charge in [0.05, 0.1) is 6.61 Å². The van der Waals surface area contributed by atoms with Gasteiger partial charge in [0.2, 0.25) is 5.82 Å². The number of aliphatic carboxylic acids is 1. The average molecular weight is 431 g/mol. The molecular weight excluding hydrogens is 407 g/mol. The Hall–Kier alpha value is -3.10. The average Bonchev–Trinajstić information content (AvgIpc) is 3.19. The van der Waals surface area contributed by atoms with Crippen LogP contribution in [0.1, 0.15) is 45.4 Å². The monoisotopic (exact) mass is 431 g/mol. The van der Waals surface area contributed by atoms with Gasteiger partial charge in [0.15, 0.2) is 5.82 Å². The van der Waals surface area contributed by atoms with E-state index < -0.39 is 18.2 Å². The highest BCUT2D eigenvalue weighted by Crippen LogP contribution is 2.24. The molecule has 1 saturated carbocycles. The van der Waals surface area contributed by atoms with Crippen molar-refractivity contribution in [3.05, 3.63) is 18.1 Å². The molecule has 0 aliphatic heterocycles. The highest BCUT2D eigenvalue weighted by molar-refractivity contribution is 5.73. The van der Waals surface area contributed by atoms with Crippen molar-refractivity contribution in [2.24, 2.45) is 11.8 Å². The number of carboxylic acids is 1. The van der Waals surface area contributed by atoms with Gasteiger partial charge in [0, 0.05) is 18.8 Å². The first-order chi connectivity index (χ1) is 14.0. The molecule has 1 amide bonds. The molecule has 1 aromatic rings. The third kappa shape index (κ3) is 9.40. The van der Waals surface area contributed by atoms with Gasteiger partial charge in [-0.1, -0.05) is 26.7 Å². The van der Waals surface area contributed by atoms with E-state index in [9.17, 15) is 18.0 Å². The number of amides is 1. The standard InChI is InChI=1S/C16H23N5O2.C2HF3O2/c1-12(2)10-21(15-7-8-18-14(9-17)19-15)20-16(22)23-11-13-5-3-4-6-13;3-2(4,5)1(6)7/h7-8,12-13H,3-6,10-11H2,1-2H3,(H,20,22);(H,6,7). The molecule has 0 aromatic carbocycles. The number of rotatable bonds is 6. The summed E-state index contributed by atoms with van der Waals surface area (Å²) >= 11 is 0. The Kier molecular flexibility index (Phi) is 9.80. The number of ether oxygens (including phenoxy) is 1. The summed E-state index contributed by atoms with van der Waals surface area (Å²) in [5.74, 6) is -1.44. The molecule has 1 aliphatic carbocycles.